The maximum Gasteiger partial charge on any atom is 0.509 e. The van der Waals surface area contributed by atoms with Crippen LogP contribution in [0.3, 0.4) is 0 Å². The number of alkyl halides is 3. The summed E-state index contributed by atoms with van der Waals surface area (Å²) in [6, 6.07) is -2.17. The number of nitrogens with one attached hydrogen (secondary N) is 1. The van der Waals surface area contributed by atoms with Crippen molar-refractivity contribution in [1.82, 2.24) is 5.32 Å². The Bertz CT molecular complexity index is 315. The molecule has 1 N–H and O–H groups in total. The maximum atomic E-state index is 12.2. The molecule has 2 aliphatic heterocycles. The van der Waals surface area contributed by atoms with Gasteiger partial charge < -0.3 is 14.8 Å². The molecule has 2 unspecified atom stereocenters. The average molecular weight is 211 g/mol. The SMILES string of the molecule is O=C1OCC2(O1)C(=O)NC2C(F)(F)F. The molecule has 8 heteroatoms. The van der Waals surface area contributed by atoms with Gasteiger partial charge in [0.05, 0.1) is 0 Å². The molecule has 0 saturated carbocycles. The van der Waals surface area contributed by atoms with Gasteiger partial charge in [-0.3, -0.25) is 4.79 Å². The van der Waals surface area contributed by atoms with E-state index in [1.54, 1.807) is 5.32 Å². The first kappa shape index (κ1) is 9.10. The first-order valence-corrected chi connectivity index (χ1v) is 3.60. The van der Waals surface area contributed by atoms with Gasteiger partial charge in [-0.15, -0.1) is 0 Å². The molecule has 2 heterocycles. The fourth-order valence-corrected chi connectivity index (χ4v) is 1.40. The van der Waals surface area contributed by atoms with E-state index in [-0.39, 0.29) is 0 Å². The number of amides is 1. The molecule has 2 aliphatic rings. The van der Waals surface area contributed by atoms with Crippen LogP contribution in [-0.2, 0) is 14.3 Å². The number of halogens is 3. The molecule has 1 spiro atoms. The summed E-state index contributed by atoms with van der Waals surface area (Å²) in [4.78, 5) is 21.4. The van der Waals surface area contributed by atoms with Gasteiger partial charge in [0, 0.05) is 0 Å². The molecule has 0 aromatic carbocycles. The van der Waals surface area contributed by atoms with Crippen molar-refractivity contribution in [2.75, 3.05) is 6.61 Å². The molecule has 1 amide bonds. The Kier molecular flexibility index (Phi) is 1.50. The summed E-state index contributed by atoms with van der Waals surface area (Å²) in [5.74, 6) is -0.981. The second-order valence-corrected chi connectivity index (χ2v) is 2.98. The Labute approximate surface area is 75.1 Å². The van der Waals surface area contributed by atoms with Gasteiger partial charge in [-0.25, -0.2) is 4.79 Å². The Balaban J connectivity index is 2.25. The zero-order chi connectivity index (χ0) is 10.6. The van der Waals surface area contributed by atoms with Crippen LogP contribution in [0, 0.1) is 0 Å². The number of carbonyl (C=O) groups excluding carboxylic acids is 2. The quantitative estimate of drug-likeness (QED) is 0.450. The van der Waals surface area contributed by atoms with E-state index in [0.29, 0.717) is 0 Å². The van der Waals surface area contributed by atoms with Crippen LogP contribution in [0.1, 0.15) is 0 Å². The zero-order valence-electron chi connectivity index (χ0n) is 6.55. The standard InChI is InChI=1S/C6H4F3NO4/c7-6(8,9)2-5(3(11)10-2)1-13-4(12)14-5/h2H,1H2,(H,10,11). The van der Waals surface area contributed by atoms with E-state index in [4.69, 9.17) is 0 Å². The van der Waals surface area contributed by atoms with E-state index in [1.807, 2.05) is 0 Å². The fourth-order valence-electron chi connectivity index (χ4n) is 1.40. The Morgan fingerprint density at radius 2 is 2.07 bits per heavy atom. The largest absolute Gasteiger partial charge is 0.509 e. The molecular weight excluding hydrogens is 207 g/mol. The molecule has 0 aliphatic carbocycles. The summed E-state index contributed by atoms with van der Waals surface area (Å²) >= 11 is 0. The summed E-state index contributed by atoms with van der Waals surface area (Å²) < 4.78 is 45.1. The first-order valence-electron chi connectivity index (χ1n) is 3.60. The van der Waals surface area contributed by atoms with Crippen molar-refractivity contribution in [3.05, 3.63) is 0 Å². The third-order valence-corrected chi connectivity index (χ3v) is 2.12. The summed E-state index contributed by atoms with van der Waals surface area (Å²) in [6.07, 6.45) is -5.91. The molecular formula is C6H4F3NO4. The fraction of sp³-hybridized carbons (Fsp3) is 0.667. The van der Waals surface area contributed by atoms with Gasteiger partial charge in [0.1, 0.15) is 6.61 Å². The molecule has 0 aromatic rings. The topological polar surface area (TPSA) is 64.6 Å². The van der Waals surface area contributed by atoms with E-state index in [0.717, 1.165) is 0 Å². The van der Waals surface area contributed by atoms with Crippen LogP contribution in [-0.4, -0.2) is 36.5 Å². The number of β-lactam (4-membered cyclic amide) rings is 1. The van der Waals surface area contributed by atoms with Gasteiger partial charge in [0.25, 0.3) is 11.5 Å². The minimum absolute atomic E-state index is 0.693. The highest BCUT2D eigenvalue weighted by atomic mass is 19.4. The van der Waals surface area contributed by atoms with Crippen LogP contribution < -0.4 is 5.32 Å². The highest BCUT2D eigenvalue weighted by Crippen LogP contribution is 2.40. The number of rotatable bonds is 0. The molecule has 0 bridgehead atoms. The summed E-state index contributed by atoms with van der Waals surface area (Å²) in [5.41, 5.74) is -2.20. The number of carbonyl (C=O) groups is 2. The Hall–Kier alpha value is -1.47. The third kappa shape index (κ3) is 0.962. The average Bonchev–Trinajstić information content (AvgIpc) is 2.44. The van der Waals surface area contributed by atoms with Crippen LogP contribution >= 0.6 is 0 Å². The monoisotopic (exact) mass is 211 g/mol. The molecule has 14 heavy (non-hydrogen) atoms. The van der Waals surface area contributed by atoms with Gasteiger partial charge in [-0.2, -0.15) is 13.2 Å². The molecule has 0 radical (unpaired) electrons. The molecule has 78 valence electrons. The van der Waals surface area contributed by atoms with Gasteiger partial charge in [-0.1, -0.05) is 0 Å². The number of hydrogen-bond donors (Lipinski definition) is 1. The van der Waals surface area contributed by atoms with E-state index in [9.17, 15) is 22.8 Å². The van der Waals surface area contributed by atoms with Crippen LogP contribution in [0.5, 0.6) is 0 Å². The van der Waals surface area contributed by atoms with Gasteiger partial charge in [-0.05, 0) is 0 Å². The lowest BCUT2D eigenvalue weighted by Gasteiger charge is -2.42. The molecule has 2 atom stereocenters. The van der Waals surface area contributed by atoms with Crippen molar-refractivity contribution >= 4 is 12.1 Å². The molecule has 2 rings (SSSR count). The highest BCUT2D eigenvalue weighted by molar-refractivity contribution is 5.96. The summed E-state index contributed by atoms with van der Waals surface area (Å²) in [5, 5.41) is 1.61. The van der Waals surface area contributed by atoms with Crippen molar-refractivity contribution in [1.29, 1.82) is 0 Å². The van der Waals surface area contributed by atoms with Crippen LogP contribution in [0.4, 0.5) is 18.0 Å². The van der Waals surface area contributed by atoms with E-state index < -0.39 is 36.5 Å². The second-order valence-electron chi connectivity index (χ2n) is 2.98. The van der Waals surface area contributed by atoms with Gasteiger partial charge in [0.15, 0.2) is 6.04 Å². The second kappa shape index (κ2) is 2.31. The smallest absolute Gasteiger partial charge is 0.429 e. The predicted molar refractivity (Wildman–Crippen MR) is 33.1 cm³/mol. The van der Waals surface area contributed by atoms with E-state index in [1.165, 1.54) is 0 Å². The maximum absolute atomic E-state index is 12.2. The van der Waals surface area contributed by atoms with Crippen molar-refractivity contribution < 1.29 is 32.2 Å². The number of hydrogen-bond acceptors (Lipinski definition) is 4. The summed E-state index contributed by atoms with van der Waals surface area (Å²) in [7, 11) is 0. The lowest BCUT2D eigenvalue weighted by atomic mass is 9.85. The van der Waals surface area contributed by atoms with Crippen LogP contribution in [0.25, 0.3) is 0 Å². The Morgan fingerprint density at radius 3 is 2.43 bits per heavy atom. The lowest BCUT2D eigenvalue weighted by Crippen LogP contribution is -2.78. The molecule has 0 aromatic heterocycles. The minimum atomic E-state index is -4.65. The molecule has 2 fully saturated rings. The number of cyclic esters (lactones) is 1. The molecule has 5 nitrogen and oxygen atoms in total. The van der Waals surface area contributed by atoms with E-state index in [2.05, 4.69) is 9.47 Å². The minimum Gasteiger partial charge on any atom is -0.429 e. The van der Waals surface area contributed by atoms with Gasteiger partial charge in [0.2, 0.25) is 0 Å². The predicted octanol–water partition coefficient (Wildman–Crippen LogP) is -0.0473. The normalized spacial score (nSPS) is 36.1. The van der Waals surface area contributed by atoms with Crippen molar-refractivity contribution in [2.24, 2.45) is 0 Å². The highest BCUT2D eigenvalue weighted by Gasteiger charge is 2.72. The van der Waals surface area contributed by atoms with E-state index >= 15 is 0 Å². The van der Waals surface area contributed by atoms with Crippen molar-refractivity contribution in [2.45, 2.75) is 17.8 Å². The zero-order valence-corrected chi connectivity index (χ0v) is 6.55. The molecule has 2 saturated heterocycles. The first-order chi connectivity index (χ1) is 6.36. The third-order valence-electron chi connectivity index (χ3n) is 2.12. The lowest BCUT2D eigenvalue weighted by molar-refractivity contribution is -0.223. The summed E-state index contributed by atoms with van der Waals surface area (Å²) in [6.45, 7) is -0.693. The van der Waals surface area contributed by atoms with Crippen molar-refractivity contribution in [3.63, 3.8) is 0 Å². The number of ether oxygens (including phenoxy) is 2. The van der Waals surface area contributed by atoms with Crippen molar-refractivity contribution in [3.8, 4) is 0 Å². The van der Waals surface area contributed by atoms with Crippen LogP contribution in [0.2, 0.25) is 0 Å². The van der Waals surface area contributed by atoms with Crippen LogP contribution in [0.15, 0.2) is 0 Å². The Morgan fingerprint density at radius 1 is 1.43 bits per heavy atom. The van der Waals surface area contributed by atoms with Gasteiger partial charge >= 0.3 is 12.3 Å².